The van der Waals surface area contributed by atoms with Crippen LogP contribution in [0, 0.1) is 27.2 Å². The predicted octanol–water partition coefficient (Wildman–Crippen LogP) is 3.04. The number of non-ortho nitro benzene ring substituents is 2. The average Bonchev–Trinajstić information content (AvgIpc) is 2.86. The van der Waals surface area contributed by atoms with Gasteiger partial charge in [-0.1, -0.05) is 0 Å². The van der Waals surface area contributed by atoms with Crippen molar-refractivity contribution in [3.8, 4) is 5.75 Å². The van der Waals surface area contributed by atoms with Crippen LogP contribution in [0.1, 0.15) is 37.4 Å². The Bertz CT molecular complexity index is 1280. The maximum absolute atomic E-state index is 12.2. The summed E-state index contributed by atoms with van der Waals surface area (Å²) < 4.78 is 0. The van der Waals surface area contributed by atoms with Crippen LogP contribution in [-0.4, -0.2) is 39.2 Å². The van der Waals surface area contributed by atoms with E-state index in [1.807, 2.05) is 0 Å². The smallest absolute Gasteiger partial charge is 0.271 e. The summed E-state index contributed by atoms with van der Waals surface area (Å²) in [7, 11) is 0. The minimum atomic E-state index is -0.607. The zero-order valence-electron chi connectivity index (χ0n) is 18.6. The Balaban J connectivity index is 1.66. The number of hydrogen-bond acceptors (Lipinski definition) is 9. The van der Waals surface area contributed by atoms with Crippen LogP contribution in [0.25, 0.3) is 0 Å². The van der Waals surface area contributed by atoms with Gasteiger partial charge in [0.2, 0.25) is 0 Å². The Hall–Kier alpha value is -5.46. The van der Waals surface area contributed by atoms with Crippen molar-refractivity contribution in [2.75, 3.05) is 0 Å². The molecule has 0 fully saturated rings. The van der Waals surface area contributed by atoms with Crippen molar-refractivity contribution in [2.24, 2.45) is 10.2 Å². The minimum absolute atomic E-state index is 0.155. The second-order valence-electron chi connectivity index (χ2n) is 7.30. The molecule has 0 bridgehead atoms. The van der Waals surface area contributed by atoms with Gasteiger partial charge in [0.15, 0.2) is 0 Å². The Labute approximate surface area is 203 Å². The third-order valence-electron chi connectivity index (χ3n) is 4.73. The van der Waals surface area contributed by atoms with Crippen molar-refractivity contribution in [1.29, 1.82) is 0 Å². The third-order valence-corrected chi connectivity index (χ3v) is 4.73. The molecule has 0 spiro atoms. The van der Waals surface area contributed by atoms with E-state index in [2.05, 4.69) is 21.1 Å². The maximum Gasteiger partial charge on any atom is 0.271 e. The lowest BCUT2D eigenvalue weighted by Crippen LogP contribution is -2.17. The number of amides is 2. The Morgan fingerprint density at radius 1 is 0.778 bits per heavy atom. The number of phenolic OH excluding ortho intramolecular Hbond substituents is 1. The number of nitrogens with one attached hydrogen (secondary N) is 2. The summed E-state index contributed by atoms with van der Waals surface area (Å²) in [6.07, 6.45) is 2.41. The molecule has 0 aliphatic carbocycles. The van der Waals surface area contributed by atoms with E-state index in [0.29, 0.717) is 0 Å². The molecule has 0 heterocycles. The molecule has 0 atom stereocenters. The van der Waals surface area contributed by atoms with Crippen molar-refractivity contribution in [2.45, 2.75) is 6.92 Å². The van der Waals surface area contributed by atoms with E-state index in [4.69, 9.17) is 0 Å². The highest BCUT2D eigenvalue weighted by atomic mass is 16.6. The molecular weight excluding hydrogens is 472 g/mol. The zero-order chi connectivity index (χ0) is 26.2. The molecule has 13 heteroatoms. The lowest BCUT2D eigenvalue weighted by atomic mass is 10.1. The van der Waals surface area contributed by atoms with Crippen LogP contribution in [0.2, 0.25) is 0 Å². The first kappa shape index (κ1) is 25.2. The van der Waals surface area contributed by atoms with E-state index in [1.165, 1.54) is 61.0 Å². The lowest BCUT2D eigenvalue weighted by Gasteiger charge is -2.06. The molecule has 0 aliphatic rings. The molecule has 0 aromatic heterocycles. The standard InChI is InChI=1S/C23H18N6O7/c1-14-10-17(12-24-26-22(31)15-2-6-19(7-3-15)28(33)34)21(30)18(11-14)13-25-27-23(32)16-4-8-20(9-5-16)29(35)36/h2-13,30H,1H3,(H,26,31)(H,27,32)/b24-12+,25-13+. The molecule has 13 nitrogen and oxygen atoms in total. The molecular formula is C23H18N6O7. The van der Waals surface area contributed by atoms with Gasteiger partial charge >= 0.3 is 0 Å². The number of carbonyl (C=O) groups excluding carboxylic acids is 2. The van der Waals surface area contributed by atoms with Crippen LogP contribution in [0.4, 0.5) is 11.4 Å². The predicted molar refractivity (Wildman–Crippen MR) is 129 cm³/mol. The zero-order valence-corrected chi connectivity index (χ0v) is 18.6. The molecule has 36 heavy (non-hydrogen) atoms. The number of carbonyl (C=O) groups is 2. The van der Waals surface area contributed by atoms with Gasteiger partial charge in [0.05, 0.1) is 22.3 Å². The van der Waals surface area contributed by atoms with Crippen molar-refractivity contribution in [3.05, 3.63) is 109 Å². The number of hydrogen-bond donors (Lipinski definition) is 3. The number of aryl methyl sites for hydroxylation is 1. The quantitative estimate of drug-likeness (QED) is 0.245. The van der Waals surface area contributed by atoms with Crippen molar-refractivity contribution >= 4 is 35.6 Å². The van der Waals surface area contributed by atoms with Gasteiger partial charge in [0, 0.05) is 46.5 Å². The van der Waals surface area contributed by atoms with Crippen LogP contribution in [0.15, 0.2) is 70.9 Å². The van der Waals surface area contributed by atoms with Gasteiger partial charge in [-0.25, -0.2) is 10.9 Å². The summed E-state index contributed by atoms with van der Waals surface area (Å²) in [6.45, 7) is 1.75. The topological polar surface area (TPSA) is 189 Å². The second kappa shape index (κ2) is 11.1. The Morgan fingerprint density at radius 3 is 1.47 bits per heavy atom. The number of hydrazone groups is 2. The van der Waals surface area contributed by atoms with E-state index < -0.39 is 21.7 Å². The van der Waals surface area contributed by atoms with E-state index in [1.54, 1.807) is 19.1 Å². The van der Waals surface area contributed by atoms with Crippen LogP contribution >= 0.6 is 0 Å². The van der Waals surface area contributed by atoms with E-state index in [0.717, 1.165) is 5.56 Å². The second-order valence-corrected chi connectivity index (χ2v) is 7.30. The Kier molecular flexibility index (Phi) is 7.77. The summed E-state index contributed by atoms with van der Waals surface area (Å²) >= 11 is 0. The fourth-order valence-corrected chi connectivity index (χ4v) is 2.95. The third kappa shape index (κ3) is 6.32. The van der Waals surface area contributed by atoms with Gasteiger partial charge in [-0.15, -0.1) is 0 Å². The largest absolute Gasteiger partial charge is 0.507 e. The van der Waals surface area contributed by atoms with E-state index >= 15 is 0 Å². The van der Waals surface area contributed by atoms with Crippen molar-refractivity contribution in [3.63, 3.8) is 0 Å². The number of rotatable bonds is 8. The minimum Gasteiger partial charge on any atom is -0.507 e. The molecule has 0 saturated heterocycles. The summed E-state index contributed by atoms with van der Waals surface area (Å²) in [6, 6.07) is 13.1. The van der Waals surface area contributed by atoms with Gasteiger partial charge in [-0.3, -0.25) is 29.8 Å². The molecule has 3 aromatic rings. The molecule has 0 unspecified atom stereocenters. The Morgan fingerprint density at radius 2 is 1.14 bits per heavy atom. The number of aromatic hydroxyl groups is 1. The SMILES string of the molecule is Cc1cc(/C=N/NC(=O)c2ccc([N+](=O)[O-])cc2)c(O)c(/C=N/NC(=O)c2ccc([N+](=O)[O-])cc2)c1. The van der Waals surface area contributed by atoms with Crippen LogP contribution in [-0.2, 0) is 0 Å². The van der Waals surface area contributed by atoms with Gasteiger partial charge in [0.1, 0.15) is 5.75 Å². The highest BCUT2D eigenvalue weighted by Crippen LogP contribution is 2.22. The molecule has 3 rings (SSSR count). The fourth-order valence-electron chi connectivity index (χ4n) is 2.95. The van der Waals surface area contributed by atoms with E-state index in [-0.39, 0.29) is 39.4 Å². The number of nitro groups is 2. The maximum atomic E-state index is 12.2. The summed E-state index contributed by atoms with van der Waals surface area (Å²) in [4.78, 5) is 44.6. The fraction of sp³-hybridized carbons (Fsp3) is 0.0435. The first-order chi connectivity index (χ1) is 17.2. The summed E-state index contributed by atoms with van der Waals surface area (Å²) in [5.41, 5.74) is 5.76. The van der Waals surface area contributed by atoms with Crippen molar-refractivity contribution in [1.82, 2.24) is 10.9 Å². The number of nitrogens with zero attached hydrogens (tertiary/aromatic N) is 4. The molecule has 182 valence electrons. The molecule has 3 N–H and O–H groups in total. The number of phenols is 1. The summed E-state index contributed by atoms with van der Waals surface area (Å²) in [5.74, 6) is -1.43. The molecule has 0 aliphatic heterocycles. The van der Waals surface area contributed by atoms with Crippen LogP contribution in [0.3, 0.4) is 0 Å². The van der Waals surface area contributed by atoms with Crippen LogP contribution < -0.4 is 10.9 Å². The van der Waals surface area contributed by atoms with Gasteiger partial charge in [-0.05, 0) is 48.9 Å². The molecule has 3 aromatic carbocycles. The first-order valence-corrected chi connectivity index (χ1v) is 10.1. The normalized spacial score (nSPS) is 10.9. The van der Waals surface area contributed by atoms with E-state index in [9.17, 15) is 34.9 Å². The summed E-state index contributed by atoms with van der Waals surface area (Å²) in [5, 5.41) is 39.5. The van der Waals surface area contributed by atoms with Crippen molar-refractivity contribution < 1.29 is 24.5 Å². The molecule has 0 saturated carbocycles. The molecule has 2 amide bonds. The highest BCUT2D eigenvalue weighted by molar-refractivity contribution is 5.97. The average molecular weight is 490 g/mol. The highest BCUT2D eigenvalue weighted by Gasteiger charge is 2.11. The number of benzene rings is 3. The molecule has 0 radical (unpaired) electrons. The first-order valence-electron chi connectivity index (χ1n) is 10.1. The van der Waals surface area contributed by atoms with Gasteiger partial charge in [0.25, 0.3) is 23.2 Å². The number of nitro benzene ring substituents is 2. The lowest BCUT2D eigenvalue weighted by molar-refractivity contribution is -0.385. The van der Waals surface area contributed by atoms with Crippen LogP contribution in [0.5, 0.6) is 5.75 Å². The monoisotopic (exact) mass is 490 g/mol. The van der Waals surface area contributed by atoms with Gasteiger partial charge < -0.3 is 5.11 Å². The van der Waals surface area contributed by atoms with Gasteiger partial charge in [-0.2, -0.15) is 10.2 Å².